The van der Waals surface area contributed by atoms with Gasteiger partial charge >= 0.3 is 0 Å². The Morgan fingerprint density at radius 3 is 2.88 bits per heavy atom. The normalized spacial score (nSPS) is 19.3. The van der Waals surface area contributed by atoms with Crippen molar-refractivity contribution in [3.8, 4) is 0 Å². The molecule has 5 heteroatoms. The number of aryl methyl sites for hydroxylation is 3. The molecule has 2 atom stereocenters. The lowest BCUT2D eigenvalue weighted by Gasteiger charge is -2.27. The Morgan fingerprint density at radius 2 is 2.09 bits per heavy atom. The second-order valence-electron chi connectivity index (χ2n) is 9.06. The van der Waals surface area contributed by atoms with Crippen LogP contribution >= 0.6 is 0 Å². The Bertz CT molecular complexity index is 896. The number of aromatic nitrogens is 1. The van der Waals surface area contributed by atoms with E-state index < -0.39 is 0 Å². The Balaban J connectivity index is 1.20. The van der Waals surface area contributed by atoms with Gasteiger partial charge in [-0.3, -0.25) is 4.90 Å². The molecule has 32 heavy (non-hydrogen) atoms. The van der Waals surface area contributed by atoms with Crippen LogP contribution in [0.15, 0.2) is 48.7 Å². The average molecular weight is 436 g/mol. The number of nitrogens with zero attached hydrogens (tertiary/aromatic N) is 2. The van der Waals surface area contributed by atoms with E-state index in [1.54, 1.807) is 0 Å². The fraction of sp³-hybridized carbons (Fsp3) is 0.519. The lowest BCUT2D eigenvalue weighted by molar-refractivity contribution is 0.0524. The number of ether oxygens (including phenoxy) is 1. The summed E-state index contributed by atoms with van der Waals surface area (Å²) in [6.45, 7) is 9.55. The van der Waals surface area contributed by atoms with Crippen molar-refractivity contribution < 1.29 is 9.84 Å². The van der Waals surface area contributed by atoms with Crippen molar-refractivity contribution in [2.75, 3.05) is 31.6 Å². The number of anilines is 1. The van der Waals surface area contributed by atoms with E-state index in [0.717, 1.165) is 76.1 Å². The van der Waals surface area contributed by atoms with E-state index in [4.69, 9.17) is 9.72 Å². The maximum Gasteiger partial charge on any atom is 0.129 e. The second kappa shape index (κ2) is 11.0. The van der Waals surface area contributed by atoms with Crippen LogP contribution in [0.2, 0.25) is 0 Å². The fourth-order valence-corrected chi connectivity index (χ4v) is 4.84. The van der Waals surface area contributed by atoms with Crippen LogP contribution in [0.4, 0.5) is 5.82 Å². The van der Waals surface area contributed by atoms with Crippen molar-refractivity contribution >= 4 is 5.82 Å². The number of hydrogen-bond donors (Lipinski definition) is 2. The molecule has 0 bridgehead atoms. The number of rotatable bonds is 10. The van der Waals surface area contributed by atoms with E-state index in [0.29, 0.717) is 0 Å². The molecule has 1 aromatic heterocycles. The largest absolute Gasteiger partial charge is 0.511 e. The maximum absolute atomic E-state index is 10.3. The Labute approximate surface area is 192 Å². The lowest BCUT2D eigenvalue weighted by atomic mass is 10.0. The molecule has 1 aromatic carbocycles. The monoisotopic (exact) mass is 435 g/mol. The Hall–Kier alpha value is -2.37. The van der Waals surface area contributed by atoms with Crippen LogP contribution in [0.1, 0.15) is 61.0 Å². The van der Waals surface area contributed by atoms with Crippen molar-refractivity contribution in [1.82, 2.24) is 9.88 Å². The van der Waals surface area contributed by atoms with Gasteiger partial charge in [-0.25, -0.2) is 4.98 Å². The van der Waals surface area contributed by atoms with E-state index in [9.17, 15) is 5.11 Å². The third kappa shape index (κ3) is 5.70. The van der Waals surface area contributed by atoms with Gasteiger partial charge in [-0.1, -0.05) is 43.8 Å². The quantitative estimate of drug-likeness (QED) is 0.395. The van der Waals surface area contributed by atoms with Crippen LogP contribution in [0.5, 0.6) is 0 Å². The molecule has 0 saturated carbocycles. The summed E-state index contributed by atoms with van der Waals surface area (Å²) in [6.07, 6.45) is 7.68. The summed E-state index contributed by atoms with van der Waals surface area (Å²) in [5.74, 6) is 1.29. The number of aliphatic hydroxyl groups is 1. The second-order valence-corrected chi connectivity index (χ2v) is 9.06. The number of pyridine rings is 1. The zero-order valence-corrected chi connectivity index (χ0v) is 19.4. The van der Waals surface area contributed by atoms with Crippen LogP contribution in [0, 0.1) is 0 Å². The van der Waals surface area contributed by atoms with Gasteiger partial charge < -0.3 is 15.2 Å². The number of benzene rings is 1. The zero-order valence-electron chi connectivity index (χ0n) is 19.4. The van der Waals surface area contributed by atoms with Crippen molar-refractivity contribution in [3.05, 3.63) is 71.1 Å². The molecule has 4 rings (SSSR count). The van der Waals surface area contributed by atoms with Crippen LogP contribution in [0.3, 0.4) is 0 Å². The van der Waals surface area contributed by atoms with Crippen molar-refractivity contribution in [1.29, 1.82) is 0 Å². The lowest BCUT2D eigenvalue weighted by Crippen LogP contribution is -2.29. The number of fused-ring (bicyclic) bond motifs is 1. The smallest absolute Gasteiger partial charge is 0.129 e. The van der Waals surface area contributed by atoms with Crippen LogP contribution in [-0.2, 0) is 24.0 Å². The van der Waals surface area contributed by atoms with Gasteiger partial charge in [0.05, 0.1) is 12.1 Å². The van der Waals surface area contributed by atoms with Gasteiger partial charge in [0.1, 0.15) is 11.6 Å². The van der Waals surface area contributed by atoms with Crippen molar-refractivity contribution in [3.63, 3.8) is 0 Å². The highest BCUT2D eigenvalue weighted by atomic mass is 16.5. The molecule has 1 saturated heterocycles. The minimum absolute atomic E-state index is 0.154. The van der Waals surface area contributed by atoms with E-state index >= 15 is 0 Å². The first-order chi connectivity index (χ1) is 15.6. The van der Waals surface area contributed by atoms with Gasteiger partial charge in [0, 0.05) is 31.9 Å². The number of nitrogens with one attached hydrogen (secondary N) is 1. The summed E-state index contributed by atoms with van der Waals surface area (Å²) in [6, 6.07) is 12.8. The summed E-state index contributed by atoms with van der Waals surface area (Å²) >= 11 is 0. The van der Waals surface area contributed by atoms with Gasteiger partial charge in [0.25, 0.3) is 0 Å². The van der Waals surface area contributed by atoms with Crippen molar-refractivity contribution in [2.45, 2.75) is 64.0 Å². The maximum atomic E-state index is 10.3. The van der Waals surface area contributed by atoms with Gasteiger partial charge in [-0.15, -0.1) is 0 Å². The highest BCUT2D eigenvalue weighted by molar-refractivity contribution is 5.47. The van der Waals surface area contributed by atoms with Gasteiger partial charge in [-0.2, -0.15) is 0 Å². The predicted molar refractivity (Wildman–Crippen MR) is 130 cm³/mol. The number of aliphatic hydroxyl groups excluding tert-OH is 1. The van der Waals surface area contributed by atoms with E-state index in [2.05, 4.69) is 60.1 Å². The zero-order chi connectivity index (χ0) is 22.3. The number of hydrogen-bond acceptors (Lipinski definition) is 5. The molecule has 5 nitrogen and oxygen atoms in total. The fourth-order valence-electron chi connectivity index (χ4n) is 4.84. The van der Waals surface area contributed by atoms with Crippen LogP contribution in [0.25, 0.3) is 0 Å². The minimum Gasteiger partial charge on any atom is -0.511 e. The highest BCUT2D eigenvalue weighted by Crippen LogP contribution is 2.31. The first kappa shape index (κ1) is 22.8. The molecule has 2 N–H and O–H groups in total. The molecule has 0 radical (unpaired) electrons. The van der Waals surface area contributed by atoms with Crippen molar-refractivity contribution in [2.24, 2.45) is 0 Å². The first-order valence-corrected chi connectivity index (χ1v) is 12.2. The van der Waals surface area contributed by atoms with Gasteiger partial charge in [0.2, 0.25) is 0 Å². The molecule has 0 spiro atoms. The molecule has 0 unspecified atom stereocenters. The SMILES string of the molecule is C=C(O)[C@@H](c1ccc(CC)cc1)N1CC[C@@H](OCCCCc2ccc3c(n2)NCCC3)C1. The highest BCUT2D eigenvalue weighted by Gasteiger charge is 2.31. The van der Waals surface area contributed by atoms with E-state index in [1.807, 2.05) is 0 Å². The number of unbranched alkanes of at least 4 members (excludes halogenated alkanes) is 1. The summed E-state index contributed by atoms with van der Waals surface area (Å²) in [4.78, 5) is 7.07. The number of likely N-dealkylation sites (tertiary alicyclic amines) is 1. The molecular weight excluding hydrogens is 398 g/mol. The third-order valence-corrected chi connectivity index (χ3v) is 6.69. The Morgan fingerprint density at radius 1 is 1.25 bits per heavy atom. The van der Waals surface area contributed by atoms with Crippen LogP contribution in [-0.4, -0.2) is 47.3 Å². The Kier molecular flexibility index (Phi) is 7.82. The molecular formula is C27H37N3O2. The molecule has 0 aliphatic carbocycles. The molecule has 2 aromatic rings. The van der Waals surface area contributed by atoms with Gasteiger partial charge in [0.15, 0.2) is 0 Å². The molecule has 3 heterocycles. The predicted octanol–water partition coefficient (Wildman–Crippen LogP) is 5.23. The van der Waals surface area contributed by atoms with Crippen LogP contribution < -0.4 is 5.32 Å². The first-order valence-electron chi connectivity index (χ1n) is 12.2. The molecule has 0 amide bonds. The molecule has 1 fully saturated rings. The van der Waals surface area contributed by atoms with E-state index in [1.165, 1.54) is 23.2 Å². The standard InChI is InChI=1S/C27H37N3O2/c1-3-21-9-11-22(12-10-21)26(20(2)31)30-17-15-25(19-30)32-18-5-4-8-24-14-13-23-7-6-16-28-27(23)29-24/h9-14,25-26,31H,2-8,15-19H2,1H3,(H,28,29)/t25-,26+/m1/s1. The van der Waals surface area contributed by atoms with Gasteiger partial charge in [-0.05, 0) is 67.7 Å². The molecule has 2 aliphatic rings. The summed E-state index contributed by atoms with van der Waals surface area (Å²) in [5, 5.41) is 13.7. The molecule has 172 valence electrons. The third-order valence-electron chi connectivity index (χ3n) is 6.69. The summed E-state index contributed by atoms with van der Waals surface area (Å²) in [7, 11) is 0. The average Bonchev–Trinajstić information content (AvgIpc) is 3.27. The molecule has 2 aliphatic heterocycles. The van der Waals surface area contributed by atoms with E-state index in [-0.39, 0.29) is 17.9 Å². The summed E-state index contributed by atoms with van der Waals surface area (Å²) in [5.41, 5.74) is 4.92. The minimum atomic E-state index is -0.154. The summed E-state index contributed by atoms with van der Waals surface area (Å²) < 4.78 is 6.18. The topological polar surface area (TPSA) is 57.6 Å².